The number of pyridine rings is 1. The molecule has 1 fully saturated rings. The minimum atomic E-state index is -1.81. The largest absolute Gasteiger partial charge is 0.506 e. The zero-order valence-corrected chi connectivity index (χ0v) is 32.8. The smallest absolute Gasteiger partial charge is 0.349 e. The third-order valence-electron chi connectivity index (χ3n) is 10.5. The molecule has 0 bridgehead atoms. The summed E-state index contributed by atoms with van der Waals surface area (Å²) in [6.45, 7) is 3.87. The van der Waals surface area contributed by atoms with Crippen molar-refractivity contribution in [3.8, 4) is 17.2 Å². The van der Waals surface area contributed by atoms with Crippen LogP contribution in [0.25, 0.3) is 10.9 Å². The molecule has 2 aliphatic rings. The number of aryl methyl sites for hydroxylation is 1. The van der Waals surface area contributed by atoms with Crippen LogP contribution in [0.4, 0.5) is 11.4 Å². The minimum Gasteiger partial charge on any atom is -0.506 e. The van der Waals surface area contributed by atoms with E-state index >= 15 is 0 Å². The van der Waals surface area contributed by atoms with E-state index in [2.05, 4.69) is 32.7 Å². The number of aromatic amines is 1. The van der Waals surface area contributed by atoms with Gasteiger partial charge >= 0.3 is 5.97 Å². The minimum absolute atomic E-state index is 0.0283. The maximum atomic E-state index is 13.5. The quantitative estimate of drug-likeness (QED) is 0.0331. The summed E-state index contributed by atoms with van der Waals surface area (Å²) in [5.41, 5.74) is 8.27. The second-order valence-corrected chi connectivity index (χ2v) is 16.5. The first-order chi connectivity index (χ1) is 27.1. The fraction of sp³-hybridized carbons (Fsp3) is 0.400. The number of aromatic hydroxyl groups is 1. The molecule has 7 rings (SSSR count). The Morgan fingerprint density at radius 3 is 2.66 bits per heavy atom. The zero-order chi connectivity index (χ0) is 39.4. The number of nitrogens with one attached hydrogen (secondary N) is 4. The number of aliphatic hydroxyl groups excluding tert-OH is 1. The summed E-state index contributed by atoms with van der Waals surface area (Å²) in [5, 5.41) is 45.7. The molecule has 1 aliphatic heterocycles. The highest BCUT2D eigenvalue weighted by Gasteiger charge is 2.45. The molecule has 5 aromatic rings. The predicted octanol–water partition coefficient (Wildman–Crippen LogP) is 6.40. The number of thiophene rings is 2. The molecule has 1 aliphatic carbocycles. The van der Waals surface area contributed by atoms with Crippen molar-refractivity contribution in [2.45, 2.75) is 69.4 Å². The molecule has 1 saturated carbocycles. The Kier molecular flexibility index (Phi) is 12.0. The van der Waals surface area contributed by atoms with E-state index in [-0.39, 0.29) is 36.3 Å². The first-order valence-corrected chi connectivity index (χ1v) is 20.3. The molecular formula is C40H46N6O8S2. The summed E-state index contributed by atoms with van der Waals surface area (Å²) in [6, 6.07) is 15.4. The molecule has 0 radical (unpaired) electrons. The number of fused-ring (bicyclic) bond motifs is 2. The summed E-state index contributed by atoms with van der Waals surface area (Å²) >= 11 is 2.74. The topological polar surface area (TPSA) is 202 Å². The van der Waals surface area contributed by atoms with Gasteiger partial charge in [-0.3, -0.25) is 4.79 Å². The van der Waals surface area contributed by atoms with Gasteiger partial charge in [0.25, 0.3) is 0 Å². The average Bonchev–Trinajstić information content (AvgIpc) is 4.01. The summed E-state index contributed by atoms with van der Waals surface area (Å²) < 4.78 is 17.6. The van der Waals surface area contributed by atoms with E-state index in [1.165, 1.54) is 34.8 Å². The van der Waals surface area contributed by atoms with Crippen molar-refractivity contribution < 1.29 is 34.3 Å². The number of aliphatic hydroxyl groups is 2. The molecule has 2 aromatic carbocycles. The molecule has 7 N–H and O–H groups in total. The number of esters is 1. The number of nitrogens with zero attached hydrogens (tertiary/aromatic N) is 2. The van der Waals surface area contributed by atoms with Crippen LogP contribution in [0, 0.1) is 12.5 Å². The van der Waals surface area contributed by atoms with Crippen LogP contribution in [0.2, 0.25) is 0 Å². The number of anilines is 1. The number of hydrogen-bond donors (Lipinski definition) is 7. The first kappa shape index (κ1) is 39.4. The predicted molar refractivity (Wildman–Crippen MR) is 215 cm³/mol. The molecule has 56 heavy (non-hydrogen) atoms. The average molecular weight is 803 g/mol. The monoisotopic (exact) mass is 802 g/mol. The van der Waals surface area contributed by atoms with Crippen molar-refractivity contribution in [1.82, 2.24) is 15.2 Å². The second-order valence-electron chi connectivity index (χ2n) is 14.2. The van der Waals surface area contributed by atoms with Gasteiger partial charge < -0.3 is 50.0 Å². The van der Waals surface area contributed by atoms with Crippen molar-refractivity contribution in [3.63, 3.8) is 0 Å². The first-order valence-electron chi connectivity index (χ1n) is 18.6. The number of ether oxygens (including phenoxy) is 3. The van der Waals surface area contributed by atoms with E-state index in [1.54, 1.807) is 30.3 Å². The number of H-pyrrole nitrogens is 1. The number of hydrogen-bond acceptors (Lipinski definition) is 15. The standard InChI is InChI=1S/C40H46N6O8S2/c1-23-6-14-33(56-23)40(51,32-5-3-18-55-32)39(50)54-26-9-7-25(8-10-26)46(2)17-4-16-43-36-29(45-41)19-24(37-38(36)53-22-52-37)20-42-21-31(48)27-11-13-30(47)35-28(27)12-15-34(49)44-35/h3,5-6,11-15,18-19,25-26,31,41-43,47-48,51H,4,7-10,16-17,20-22H2,1-2H3,(H,44,49)/t25-,26-,31-,40+/m0/s1. The number of phenolic OH excluding ortho intramolecular Hbond substituents is 1. The van der Waals surface area contributed by atoms with Gasteiger partial charge in [0, 0.05) is 47.6 Å². The molecule has 14 nitrogen and oxygen atoms in total. The SMILES string of the molecule is Cc1ccc([C@@](O)(C(=O)O[C@H]2CC[C@H](N(C)CCCNc3c(N=N)cc(CNC[C@H](O)c4ccc(O)c5[nH]c(=O)ccc45)c4c3OCO4)CC2)c2cccs2)s1. The lowest BCUT2D eigenvalue weighted by Crippen LogP contribution is -2.42. The van der Waals surface area contributed by atoms with Gasteiger partial charge in [0.15, 0.2) is 11.5 Å². The van der Waals surface area contributed by atoms with Gasteiger partial charge in [-0.2, -0.15) is 5.11 Å². The highest BCUT2D eigenvalue weighted by Crippen LogP contribution is 2.48. The number of benzene rings is 2. The Labute approximate surface area is 331 Å². The maximum Gasteiger partial charge on any atom is 0.349 e. The Morgan fingerprint density at radius 2 is 1.93 bits per heavy atom. The lowest BCUT2D eigenvalue weighted by molar-refractivity contribution is -0.169. The normalized spacial score (nSPS) is 18.2. The molecular weight excluding hydrogens is 757 g/mol. The molecule has 0 amide bonds. The maximum absolute atomic E-state index is 13.5. The highest BCUT2D eigenvalue weighted by molar-refractivity contribution is 7.13. The summed E-state index contributed by atoms with van der Waals surface area (Å²) in [5.74, 6) is 0.341. The number of rotatable bonds is 16. The fourth-order valence-corrected chi connectivity index (χ4v) is 9.37. The highest BCUT2D eigenvalue weighted by atomic mass is 32.1. The van der Waals surface area contributed by atoms with E-state index in [0.717, 1.165) is 49.1 Å². The number of phenols is 1. The molecule has 4 heterocycles. The molecule has 2 atom stereocenters. The number of carbonyl (C=O) groups is 1. The van der Waals surface area contributed by atoms with Crippen molar-refractivity contribution >= 4 is 50.9 Å². The number of carbonyl (C=O) groups excluding carboxylic acids is 1. The van der Waals surface area contributed by atoms with Crippen molar-refractivity contribution in [1.29, 1.82) is 5.53 Å². The Balaban J connectivity index is 0.892. The molecule has 0 unspecified atom stereocenters. The van der Waals surface area contributed by atoms with Crippen LogP contribution in [-0.4, -0.2) is 76.8 Å². The molecule has 3 aromatic heterocycles. The summed E-state index contributed by atoms with van der Waals surface area (Å²) in [6.07, 6.45) is 2.80. The molecule has 296 valence electrons. The molecule has 0 spiro atoms. The van der Waals surface area contributed by atoms with Gasteiger partial charge in [0.2, 0.25) is 18.0 Å². The van der Waals surface area contributed by atoms with E-state index in [9.17, 15) is 24.9 Å². The van der Waals surface area contributed by atoms with Crippen LogP contribution in [0.3, 0.4) is 0 Å². The third kappa shape index (κ3) is 8.17. The van der Waals surface area contributed by atoms with Gasteiger partial charge in [0.05, 0.1) is 21.4 Å². The zero-order valence-electron chi connectivity index (χ0n) is 31.2. The summed E-state index contributed by atoms with van der Waals surface area (Å²) in [7, 11) is 2.11. The van der Waals surface area contributed by atoms with Crippen LogP contribution < -0.4 is 25.7 Å². The van der Waals surface area contributed by atoms with Crippen LogP contribution in [0.1, 0.15) is 64.0 Å². The lowest BCUT2D eigenvalue weighted by atomic mass is 9.91. The Morgan fingerprint density at radius 1 is 1.12 bits per heavy atom. The second kappa shape index (κ2) is 17.1. The van der Waals surface area contributed by atoms with Gasteiger partial charge in [-0.1, -0.05) is 12.1 Å². The van der Waals surface area contributed by atoms with Crippen LogP contribution >= 0.6 is 22.7 Å². The van der Waals surface area contributed by atoms with Crippen molar-refractivity contribution in [2.24, 2.45) is 5.11 Å². The van der Waals surface area contributed by atoms with E-state index < -0.39 is 17.7 Å². The Bertz CT molecular complexity index is 2240. The number of aromatic nitrogens is 1. The Hall–Kier alpha value is -4.84. The van der Waals surface area contributed by atoms with E-state index in [0.29, 0.717) is 62.7 Å². The van der Waals surface area contributed by atoms with E-state index in [1.807, 2.05) is 24.4 Å². The van der Waals surface area contributed by atoms with Gasteiger partial charge in [-0.05, 0) is 100.0 Å². The van der Waals surface area contributed by atoms with Crippen molar-refractivity contribution in [3.05, 3.63) is 96.1 Å². The lowest BCUT2D eigenvalue weighted by Gasteiger charge is -2.35. The third-order valence-corrected chi connectivity index (χ3v) is 12.6. The van der Waals surface area contributed by atoms with Gasteiger partial charge in [0.1, 0.15) is 23.2 Å². The van der Waals surface area contributed by atoms with Gasteiger partial charge in [-0.15, -0.1) is 22.7 Å². The van der Waals surface area contributed by atoms with Crippen molar-refractivity contribution in [2.75, 3.05) is 38.8 Å². The fourth-order valence-electron chi connectivity index (χ4n) is 7.52. The van der Waals surface area contributed by atoms with Crippen LogP contribution in [0.5, 0.6) is 17.2 Å². The summed E-state index contributed by atoms with van der Waals surface area (Å²) in [4.78, 5) is 32.4. The molecule has 0 saturated heterocycles. The van der Waals surface area contributed by atoms with Gasteiger partial charge in [-0.25, -0.2) is 10.3 Å². The van der Waals surface area contributed by atoms with E-state index in [4.69, 9.17) is 19.7 Å². The van der Waals surface area contributed by atoms with Crippen LogP contribution in [-0.2, 0) is 21.7 Å². The van der Waals surface area contributed by atoms with Crippen LogP contribution in [0.15, 0.2) is 69.9 Å². The molecule has 16 heteroatoms.